The van der Waals surface area contributed by atoms with E-state index >= 15 is 0 Å². The summed E-state index contributed by atoms with van der Waals surface area (Å²) in [7, 11) is 0. The molecule has 2 aliphatic rings. The summed E-state index contributed by atoms with van der Waals surface area (Å²) in [5.74, 6) is 0.874. The molecule has 0 bridgehead atoms. The molecule has 3 nitrogen and oxygen atoms in total. The van der Waals surface area contributed by atoms with Gasteiger partial charge in [0.25, 0.3) is 0 Å². The molecule has 0 amide bonds. The van der Waals surface area contributed by atoms with Crippen molar-refractivity contribution in [1.29, 1.82) is 0 Å². The van der Waals surface area contributed by atoms with E-state index in [1.165, 1.54) is 58.3 Å². The molecular formula is C12H25N3. The van der Waals surface area contributed by atoms with Crippen LogP contribution < -0.4 is 11.1 Å². The van der Waals surface area contributed by atoms with Gasteiger partial charge < -0.3 is 16.0 Å². The van der Waals surface area contributed by atoms with Gasteiger partial charge in [0.2, 0.25) is 0 Å². The summed E-state index contributed by atoms with van der Waals surface area (Å²) in [6.07, 6.45) is 6.80. The van der Waals surface area contributed by atoms with Crippen molar-refractivity contribution < 1.29 is 0 Å². The second-order valence-electron chi connectivity index (χ2n) is 5.11. The molecule has 1 saturated heterocycles. The molecule has 0 aromatic rings. The molecule has 0 spiro atoms. The van der Waals surface area contributed by atoms with Crippen molar-refractivity contribution in [3.63, 3.8) is 0 Å². The molecule has 88 valence electrons. The van der Waals surface area contributed by atoms with Gasteiger partial charge in [-0.1, -0.05) is 6.42 Å². The van der Waals surface area contributed by atoms with Crippen LogP contribution in [0, 0.1) is 5.92 Å². The summed E-state index contributed by atoms with van der Waals surface area (Å²) in [5, 5.41) is 3.63. The van der Waals surface area contributed by atoms with E-state index in [4.69, 9.17) is 5.73 Å². The number of hydrogen-bond acceptors (Lipinski definition) is 3. The van der Waals surface area contributed by atoms with Crippen LogP contribution in [0.15, 0.2) is 0 Å². The summed E-state index contributed by atoms with van der Waals surface area (Å²) in [6.45, 7) is 5.84. The van der Waals surface area contributed by atoms with Crippen molar-refractivity contribution in [3.8, 4) is 0 Å². The minimum atomic E-state index is 0.840. The normalized spacial score (nSPS) is 28.2. The zero-order valence-electron chi connectivity index (χ0n) is 9.75. The predicted molar refractivity (Wildman–Crippen MR) is 63.9 cm³/mol. The summed E-state index contributed by atoms with van der Waals surface area (Å²) < 4.78 is 0. The molecule has 15 heavy (non-hydrogen) atoms. The molecule has 1 aliphatic carbocycles. The minimum absolute atomic E-state index is 0.840. The lowest BCUT2D eigenvalue weighted by Crippen LogP contribution is -2.40. The molecule has 1 unspecified atom stereocenters. The van der Waals surface area contributed by atoms with Crippen molar-refractivity contribution in [2.24, 2.45) is 11.7 Å². The van der Waals surface area contributed by atoms with Crippen molar-refractivity contribution in [2.75, 3.05) is 32.7 Å². The van der Waals surface area contributed by atoms with E-state index in [0.717, 1.165) is 18.5 Å². The van der Waals surface area contributed by atoms with Gasteiger partial charge in [0, 0.05) is 25.7 Å². The third kappa shape index (κ3) is 3.44. The molecular weight excluding hydrogens is 186 g/mol. The van der Waals surface area contributed by atoms with E-state index in [1.807, 2.05) is 0 Å². The molecule has 0 aromatic carbocycles. The number of likely N-dealkylation sites (tertiary alicyclic amines) is 1. The fraction of sp³-hybridized carbons (Fsp3) is 1.00. The van der Waals surface area contributed by atoms with E-state index in [0.29, 0.717) is 0 Å². The largest absolute Gasteiger partial charge is 0.330 e. The molecule has 3 N–H and O–H groups in total. The van der Waals surface area contributed by atoms with Crippen molar-refractivity contribution >= 4 is 0 Å². The molecule has 3 heteroatoms. The van der Waals surface area contributed by atoms with Crippen molar-refractivity contribution in [3.05, 3.63) is 0 Å². The van der Waals surface area contributed by atoms with Crippen LogP contribution >= 0.6 is 0 Å². The first-order valence-electron chi connectivity index (χ1n) is 6.54. The van der Waals surface area contributed by atoms with Crippen molar-refractivity contribution in [1.82, 2.24) is 10.2 Å². The highest BCUT2D eigenvalue weighted by Gasteiger charge is 2.22. The lowest BCUT2D eigenvalue weighted by molar-refractivity contribution is 0.285. The standard InChI is InChI=1S/C12H25N3/c13-6-4-11-5-8-15(10-11)9-7-14-12-2-1-3-12/h11-12,14H,1-10,13H2. The number of rotatable bonds is 6. The van der Waals surface area contributed by atoms with Crippen LogP contribution in [-0.2, 0) is 0 Å². The van der Waals surface area contributed by atoms with Gasteiger partial charge in [0.1, 0.15) is 0 Å². The maximum atomic E-state index is 5.59. The molecule has 1 atom stereocenters. The smallest absolute Gasteiger partial charge is 0.0107 e. The molecule has 0 radical (unpaired) electrons. The van der Waals surface area contributed by atoms with Gasteiger partial charge in [-0.05, 0) is 44.7 Å². The van der Waals surface area contributed by atoms with Gasteiger partial charge >= 0.3 is 0 Å². The van der Waals surface area contributed by atoms with Gasteiger partial charge in [-0.2, -0.15) is 0 Å². The zero-order chi connectivity index (χ0) is 10.5. The van der Waals surface area contributed by atoms with Gasteiger partial charge in [-0.3, -0.25) is 0 Å². The monoisotopic (exact) mass is 211 g/mol. The minimum Gasteiger partial charge on any atom is -0.330 e. The van der Waals surface area contributed by atoms with E-state index in [1.54, 1.807) is 0 Å². The highest BCUT2D eigenvalue weighted by molar-refractivity contribution is 4.79. The van der Waals surface area contributed by atoms with Crippen LogP contribution in [0.25, 0.3) is 0 Å². The van der Waals surface area contributed by atoms with Crippen LogP contribution in [0.4, 0.5) is 0 Å². The average molecular weight is 211 g/mol. The number of nitrogens with one attached hydrogen (secondary N) is 1. The van der Waals surface area contributed by atoms with Gasteiger partial charge in [0.15, 0.2) is 0 Å². The zero-order valence-corrected chi connectivity index (χ0v) is 9.75. The first-order valence-corrected chi connectivity index (χ1v) is 6.54. The van der Waals surface area contributed by atoms with E-state index in [9.17, 15) is 0 Å². The quantitative estimate of drug-likeness (QED) is 0.683. The molecule has 1 saturated carbocycles. The Labute approximate surface area is 93.4 Å². The lowest BCUT2D eigenvalue weighted by Gasteiger charge is -2.27. The van der Waals surface area contributed by atoms with Crippen LogP contribution in [-0.4, -0.2) is 43.7 Å². The van der Waals surface area contributed by atoms with Crippen LogP contribution in [0.2, 0.25) is 0 Å². The molecule has 1 aliphatic heterocycles. The third-order valence-corrected chi connectivity index (χ3v) is 3.91. The summed E-state index contributed by atoms with van der Waals surface area (Å²) in [5.41, 5.74) is 5.59. The fourth-order valence-corrected chi connectivity index (χ4v) is 2.63. The second kappa shape index (κ2) is 5.83. The Hall–Kier alpha value is -0.120. The highest BCUT2D eigenvalue weighted by atomic mass is 15.2. The van der Waals surface area contributed by atoms with Gasteiger partial charge in [-0.15, -0.1) is 0 Å². The topological polar surface area (TPSA) is 41.3 Å². The first kappa shape index (κ1) is 11.4. The molecule has 2 fully saturated rings. The van der Waals surface area contributed by atoms with Crippen LogP contribution in [0.3, 0.4) is 0 Å². The lowest BCUT2D eigenvalue weighted by atomic mass is 9.93. The maximum absolute atomic E-state index is 5.59. The summed E-state index contributed by atoms with van der Waals surface area (Å²) in [6, 6.07) is 0.840. The van der Waals surface area contributed by atoms with E-state index in [2.05, 4.69) is 10.2 Å². The predicted octanol–water partition coefficient (Wildman–Crippen LogP) is 0.799. The summed E-state index contributed by atoms with van der Waals surface area (Å²) >= 11 is 0. The molecule has 0 aromatic heterocycles. The van der Waals surface area contributed by atoms with Gasteiger partial charge in [-0.25, -0.2) is 0 Å². The SMILES string of the molecule is NCCC1CCN(CCNC2CCC2)C1. The molecule has 1 heterocycles. The van der Waals surface area contributed by atoms with Crippen LogP contribution in [0.5, 0.6) is 0 Å². The Bertz CT molecular complexity index is 180. The number of hydrogen-bond donors (Lipinski definition) is 2. The average Bonchev–Trinajstić information content (AvgIpc) is 2.58. The Kier molecular flexibility index (Phi) is 4.42. The molecule has 2 rings (SSSR count). The highest BCUT2D eigenvalue weighted by Crippen LogP contribution is 2.19. The Morgan fingerprint density at radius 1 is 1.27 bits per heavy atom. The van der Waals surface area contributed by atoms with E-state index < -0.39 is 0 Å². The maximum Gasteiger partial charge on any atom is 0.0107 e. The van der Waals surface area contributed by atoms with Gasteiger partial charge in [0.05, 0.1) is 0 Å². The third-order valence-electron chi connectivity index (χ3n) is 3.91. The van der Waals surface area contributed by atoms with Crippen LogP contribution in [0.1, 0.15) is 32.1 Å². The Morgan fingerprint density at radius 3 is 2.80 bits per heavy atom. The Balaban J connectivity index is 1.52. The number of nitrogens with two attached hydrogens (primary N) is 1. The Morgan fingerprint density at radius 2 is 2.13 bits per heavy atom. The first-order chi connectivity index (χ1) is 7.38. The second-order valence-corrected chi connectivity index (χ2v) is 5.11. The fourth-order valence-electron chi connectivity index (χ4n) is 2.63. The summed E-state index contributed by atoms with van der Waals surface area (Å²) in [4.78, 5) is 2.59. The van der Waals surface area contributed by atoms with E-state index in [-0.39, 0.29) is 0 Å². The number of nitrogens with zero attached hydrogens (tertiary/aromatic N) is 1. The van der Waals surface area contributed by atoms with Crippen molar-refractivity contribution in [2.45, 2.75) is 38.1 Å².